The van der Waals surface area contributed by atoms with Crippen LogP contribution >= 0.6 is 0 Å². The number of benzene rings is 2. The van der Waals surface area contributed by atoms with Gasteiger partial charge in [0.2, 0.25) is 0 Å². The number of hydrogen-bond acceptors (Lipinski definition) is 6. The molecular formula is C22H23N3O4. The smallest absolute Gasteiger partial charge is 0.255 e. The van der Waals surface area contributed by atoms with Gasteiger partial charge in [-0.2, -0.15) is 0 Å². The number of hydrogen-bond donors (Lipinski definition) is 2. The summed E-state index contributed by atoms with van der Waals surface area (Å²) in [6.07, 6.45) is 1.60. The number of methoxy groups -OCH3 is 3. The number of nitrogens with zero attached hydrogens (tertiary/aromatic N) is 1. The van der Waals surface area contributed by atoms with Crippen LogP contribution in [0.15, 0.2) is 60.8 Å². The Bertz CT molecular complexity index is 935. The fraction of sp³-hybridized carbons (Fsp3) is 0.182. The molecule has 150 valence electrons. The monoisotopic (exact) mass is 393 g/mol. The van der Waals surface area contributed by atoms with Gasteiger partial charge in [0, 0.05) is 18.2 Å². The third-order valence-corrected chi connectivity index (χ3v) is 4.27. The number of carbonyl (C=O) groups excluding carboxylic acids is 1. The van der Waals surface area contributed by atoms with Crippen molar-refractivity contribution in [3.63, 3.8) is 0 Å². The summed E-state index contributed by atoms with van der Waals surface area (Å²) in [6, 6.07) is 16.4. The van der Waals surface area contributed by atoms with Gasteiger partial charge in [0.1, 0.15) is 23.1 Å². The van der Waals surface area contributed by atoms with Crippen molar-refractivity contribution in [2.24, 2.45) is 0 Å². The summed E-state index contributed by atoms with van der Waals surface area (Å²) in [5.74, 6) is 2.35. The van der Waals surface area contributed by atoms with E-state index in [1.165, 1.54) is 14.2 Å². The van der Waals surface area contributed by atoms with Crippen molar-refractivity contribution in [1.29, 1.82) is 0 Å². The summed E-state index contributed by atoms with van der Waals surface area (Å²) >= 11 is 0. The van der Waals surface area contributed by atoms with Crippen molar-refractivity contribution in [3.05, 3.63) is 71.9 Å². The van der Waals surface area contributed by atoms with Gasteiger partial charge in [0.25, 0.3) is 5.91 Å². The van der Waals surface area contributed by atoms with E-state index >= 15 is 0 Å². The van der Waals surface area contributed by atoms with Crippen molar-refractivity contribution in [2.45, 2.75) is 6.54 Å². The Balaban J connectivity index is 1.60. The number of amides is 1. The van der Waals surface area contributed by atoms with Crippen LogP contribution in [0.1, 0.15) is 15.9 Å². The van der Waals surface area contributed by atoms with Crippen molar-refractivity contribution in [2.75, 3.05) is 32.0 Å². The Morgan fingerprint density at radius 3 is 2.07 bits per heavy atom. The van der Waals surface area contributed by atoms with Gasteiger partial charge in [0.15, 0.2) is 0 Å². The number of pyridine rings is 1. The highest BCUT2D eigenvalue weighted by Gasteiger charge is 2.10. The second kappa shape index (κ2) is 9.45. The average Bonchev–Trinajstić information content (AvgIpc) is 2.78. The second-order valence-electron chi connectivity index (χ2n) is 6.19. The first-order valence-electron chi connectivity index (χ1n) is 8.98. The number of nitrogens with one attached hydrogen (secondary N) is 2. The molecule has 2 aromatic carbocycles. The fourth-order valence-electron chi connectivity index (χ4n) is 2.65. The molecule has 0 spiro atoms. The minimum absolute atomic E-state index is 0.275. The second-order valence-corrected chi connectivity index (χ2v) is 6.19. The molecule has 3 aromatic rings. The number of aromatic nitrogens is 1. The zero-order valence-electron chi connectivity index (χ0n) is 16.6. The summed E-state index contributed by atoms with van der Waals surface area (Å²) in [6.45, 7) is 0.631. The van der Waals surface area contributed by atoms with Crippen LogP contribution in [0.2, 0.25) is 0 Å². The van der Waals surface area contributed by atoms with Gasteiger partial charge in [0.05, 0.1) is 33.2 Å². The van der Waals surface area contributed by atoms with Gasteiger partial charge in [-0.3, -0.25) is 4.79 Å². The molecule has 0 radical (unpaired) electrons. The first-order valence-corrected chi connectivity index (χ1v) is 8.98. The Morgan fingerprint density at radius 1 is 0.862 bits per heavy atom. The van der Waals surface area contributed by atoms with Crippen molar-refractivity contribution < 1.29 is 19.0 Å². The summed E-state index contributed by atoms with van der Waals surface area (Å²) in [4.78, 5) is 16.9. The first kappa shape index (κ1) is 20.0. The SMILES string of the molecule is COc1ccc(CNc2ccc(NC(=O)c3cc(OC)cc(OC)c3)cn2)cc1. The molecule has 7 heteroatoms. The van der Waals surface area contributed by atoms with Crippen molar-refractivity contribution in [3.8, 4) is 17.2 Å². The topological polar surface area (TPSA) is 81.7 Å². The minimum atomic E-state index is -0.275. The van der Waals surface area contributed by atoms with Crippen LogP contribution in [0, 0.1) is 0 Å². The standard InChI is InChI=1S/C22H23N3O4/c1-27-18-7-4-15(5-8-18)13-23-21-9-6-17(14-24-21)25-22(26)16-10-19(28-2)12-20(11-16)29-3/h4-12,14H,13H2,1-3H3,(H,23,24)(H,25,26). The van der Waals surface area contributed by atoms with Gasteiger partial charge in [-0.15, -0.1) is 0 Å². The van der Waals surface area contributed by atoms with E-state index in [2.05, 4.69) is 15.6 Å². The molecule has 29 heavy (non-hydrogen) atoms. The molecule has 0 aliphatic rings. The Labute approximate surface area is 169 Å². The summed E-state index contributed by atoms with van der Waals surface area (Å²) in [5, 5.41) is 6.06. The minimum Gasteiger partial charge on any atom is -0.497 e. The van der Waals surface area contributed by atoms with Gasteiger partial charge < -0.3 is 24.8 Å². The van der Waals surface area contributed by atoms with E-state index in [0.717, 1.165) is 11.3 Å². The Morgan fingerprint density at radius 2 is 1.52 bits per heavy atom. The summed E-state index contributed by atoms with van der Waals surface area (Å²) in [5.41, 5.74) is 2.13. The largest absolute Gasteiger partial charge is 0.497 e. The van der Waals surface area contributed by atoms with E-state index < -0.39 is 0 Å². The summed E-state index contributed by atoms with van der Waals surface area (Å²) in [7, 11) is 4.72. The molecule has 0 unspecified atom stereocenters. The highest BCUT2D eigenvalue weighted by molar-refractivity contribution is 6.04. The van der Waals surface area contributed by atoms with E-state index in [9.17, 15) is 4.79 Å². The maximum atomic E-state index is 12.5. The molecule has 0 saturated carbocycles. The van der Waals surface area contributed by atoms with E-state index in [1.807, 2.05) is 30.3 Å². The molecule has 1 aromatic heterocycles. The molecule has 7 nitrogen and oxygen atoms in total. The van der Waals surface area contributed by atoms with E-state index in [-0.39, 0.29) is 5.91 Å². The lowest BCUT2D eigenvalue weighted by atomic mass is 10.2. The predicted octanol–water partition coefficient (Wildman–Crippen LogP) is 3.97. The normalized spacial score (nSPS) is 10.2. The maximum absolute atomic E-state index is 12.5. The molecule has 0 fully saturated rings. The molecule has 1 heterocycles. The lowest BCUT2D eigenvalue weighted by Crippen LogP contribution is -2.12. The molecule has 0 bridgehead atoms. The van der Waals surface area contributed by atoms with Crippen LogP contribution in [-0.2, 0) is 6.54 Å². The van der Waals surface area contributed by atoms with Crippen LogP contribution in [0.25, 0.3) is 0 Å². The van der Waals surface area contributed by atoms with Crippen LogP contribution in [0.3, 0.4) is 0 Å². The highest BCUT2D eigenvalue weighted by atomic mass is 16.5. The number of carbonyl (C=O) groups is 1. The van der Waals surface area contributed by atoms with Crippen LogP contribution in [0.4, 0.5) is 11.5 Å². The molecule has 1 amide bonds. The highest BCUT2D eigenvalue weighted by Crippen LogP contribution is 2.23. The maximum Gasteiger partial charge on any atom is 0.255 e. The van der Waals surface area contributed by atoms with Crippen molar-refractivity contribution in [1.82, 2.24) is 4.98 Å². The van der Waals surface area contributed by atoms with Gasteiger partial charge in [-0.25, -0.2) is 4.98 Å². The molecular weight excluding hydrogens is 370 g/mol. The third kappa shape index (κ3) is 5.38. The Kier molecular flexibility index (Phi) is 6.52. The van der Waals surface area contributed by atoms with Gasteiger partial charge in [-0.1, -0.05) is 12.1 Å². The van der Waals surface area contributed by atoms with Crippen LogP contribution < -0.4 is 24.8 Å². The van der Waals surface area contributed by atoms with Gasteiger partial charge >= 0.3 is 0 Å². The van der Waals surface area contributed by atoms with Crippen molar-refractivity contribution >= 4 is 17.4 Å². The summed E-state index contributed by atoms with van der Waals surface area (Å²) < 4.78 is 15.6. The molecule has 2 N–H and O–H groups in total. The molecule has 0 aliphatic carbocycles. The molecule has 0 atom stereocenters. The predicted molar refractivity (Wildman–Crippen MR) is 112 cm³/mol. The van der Waals surface area contributed by atoms with E-state index in [0.29, 0.717) is 35.1 Å². The fourth-order valence-corrected chi connectivity index (χ4v) is 2.65. The zero-order chi connectivity index (χ0) is 20.6. The lowest BCUT2D eigenvalue weighted by Gasteiger charge is -2.10. The van der Waals surface area contributed by atoms with E-state index in [1.54, 1.807) is 37.6 Å². The molecule has 0 aliphatic heterocycles. The third-order valence-electron chi connectivity index (χ3n) is 4.27. The first-order chi connectivity index (χ1) is 14.1. The number of rotatable bonds is 8. The lowest BCUT2D eigenvalue weighted by molar-refractivity contribution is 0.102. The van der Waals surface area contributed by atoms with Crippen LogP contribution in [-0.4, -0.2) is 32.2 Å². The van der Waals surface area contributed by atoms with Gasteiger partial charge in [-0.05, 0) is 42.0 Å². The molecule has 0 saturated heterocycles. The number of anilines is 2. The Hall–Kier alpha value is -3.74. The number of ether oxygens (including phenoxy) is 3. The van der Waals surface area contributed by atoms with E-state index in [4.69, 9.17) is 14.2 Å². The average molecular weight is 393 g/mol. The quantitative estimate of drug-likeness (QED) is 0.603. The zero-order valence-corrected chi connectivity index (χ0v) is 16.6. The molecule has 3 rings (SSSR count). The van der Waals surface area contributed by atoms with Crippen LogP contribution in [0.5, 0.6) is 17.2 Å².